The Morgan fingerprint density at radius 1 is 0.792 bits per heavy atom. The Morgan fingerprint density at radius 2 is 1.38 bits per heavy atom. The fraction of sp³-hybridized carbons (Fsp3) is 0.100. The summed E-state index contributed by atoms with van der Waals surface area (Å²) < 4.78 is 0. The van der Waals surface area contributed by atoms with Gasteiger partial charge in [-0.15, -0.1) is 0 Å². The van der Waals surface area contributed by atoms with Crippen LogP contribution >= 0.6 is 0 Å². The van der Waals surface area contributed by atoms with Gasteiger partial charge in [-0.25, -0.2) is 9.59 Å². The van der Waals surface area contributed by atoms with Crippen LogP contribution in [0.15, 0.2) is 72.8 Å². The molecule has 0 aliphatic heterocycles. The minimum atomic E-state index is -1.07. The van der Waals surface area contributed by atoms with Gasteiger partial charge >= 0.3 is 11.9 Å². The molecule has 122 valence electrons. The molecule has 0 unspecified atom stereocenters. The van der Waals surface area contributed by atoms with E-state index in [1.54, 1.807) is 6.07 Å². The van der Waals surface area contributed by atoms with Gasteiger partial charge in [0.25, 0.3) is 0 Å². The number of rotatable bonds is 7. The smallest absolute Gasteiger partial charge is 0.331 e. The number of carboxylic acid groups (broad SMARTS) is 2. The number of hydrogen-bond acceptors (Lipinski definition) is 2. The normalized spacial score (nSPS) is 10.2. The van der Waals surface area contributed by atoms with Crippen LogP contribution in [-0.4, -0.2) is 22.2 Å². The Labute approximate surface area is 140 Å². The van der Waals surface area contributed by atoms with Gasteiger partial charge in [0, 0.05) is 24.0 Å². The summed E-state index contributed by atoms with van der Waals surface area (Å²) in [6, 6.07) is 15.1. The highest BCUT2D eigenvalue weighted by Gasteiger charge is 2.16. The molecule has 0 aliphatic rings. The first-order valence-electron chi connectivity index (χ1n) is 7.38. The zero-order valence-corrected chi connectivity index (χ0v) is 13.2. The number of hydrogen-bond donors (Lipinski definition) is 2. The molecule has 0 saturated carbocycles. The lowest BCUT2D eigenvalue weighted by Crippen LogP contribution is -2.08. The average molecular weight is 322 g/mol. The summed E-state index contributed by atoms with van der Waals surface area (Å²) >= 11 is 0. The molecule has 0 bridgehead atoms. The highest BCUT2D eigenvalue weighted by atomic mass is 16.4. The number of aliphatic carboxylic acids is 2. The van der Waals surface area contributed by atoms with E-state index in [1.165, 1.54) is 0 Å². The summed E-state index contributed by atoms with van der Waals surface area (Å²) in [5.41, 5.74) is 3.43. The minimum Gasteiger partial charge on any atom is -0.478 e. The van der Waals surface area contributed by atoms with Crippen molar-refractivity contribution in [3.8, 4) is 11.1 Å². The van der Waals surface area contributed by atoms with Crippen LogP contribution in [0.3, 0.4) is 0 Å². The van der Waals surface area contributed by atoms with Gasteiger partial charge in [0.15, 0.2) is 0 Å². The Morgan fingerprint density at radius 3 is 1.96 bits per heavy atom. The van der Waals surface area contributed by atoms with E-state index in [0.717, 1.165) is 22.3 Å². The van der Waals surface area contributed by atoms with E-state index < -0.39 is 11.9 Å². The van der Waals surface area contributed by atoms with E-state index in [9.17, 15) is 9.59 Å². The van der Waals surface area contributed by atoms with Crippen molar-refractivity contribution in [1.29, 1.82) is 0 Å². The Kier molecular flexibility index (Phi) is 5.32. The maximum atomic E-state index is 11.2. The second-order valence-corrected chi connectivity index (χ2v) is 5.48. The van der Waals surface area contributed by atoms with Crippen LogP contribution in [-0.2, 0) is 22.4 Å². The summed E-state index contributed by atoms with van der Waals surface area (Å²) in [4.78, 5) is 22.3. The van der Waals surface area contributed by atoms with Gasteiger partial charge in [-0.2, -0.15) is 0 Å². The first kappa shape index (κ1) is 17.2. The average Bonchev–Trinajstić information content (AvgIpc) is 2.56. The molecule has 2 aromatic carbocycles. The van der Waals surface area contributed by atoms with Crippen LogP contribution in [0.2, 0.25) is 0 Å². The second kappa shape index (κ2) is 7.42. The van der Waals surface area contributed by atoms with Gasteiger partial charge in [-0.1, -0.05) is 61.7 Å². The van der Waals surface area contributed by atoms with Crippen molar-refractivity contribution in [2.45, 2.75) is 12.8 Å². The molecule has 0 aromatic heterocycles. The SMILES string of the molecule is C=C(Cc1cccc(-c2ccccc2)c1CC(=C)C(=O)O)C(=O)O. The molecule has 0 fully saturated rings. The van der Waals surface area contributed by atoms with Crippen molar-refractivity contribution in [3.63, 3.8) is 0 Å². The monoisotopic (exact) mass is 322 g/mol. The Balaban J connectivity index is 2.54. The van der Waals surface area contributed by atoms with E-state index in [1.807, 2.05) is 42.5 Å². The molecular weight excluding hydrogens is 304 g/mol. The molecule has 0 aliphatic carbocycles. The lowest BCUT2D eigenvalue weighted by Gasteiger charge is -2.15. The zero-order chi connectivity index (χ0) is 17.7. The fourth-order valence-electron chi connectivity index (χ4n) is 2.49. The predicted octanol–water partition coefficient (Wildman–Crippen LogP) is 3.72. The van der Waals surface area contributed by atoms with E-state index in [-0.39, 0.29) is 24.0 Å². The third-order valence-corrected chi connectivity index (χ3v) is 3.76. The maximum Gasteiger partial charge on any atom is 0.331 e. The van der Waals surface area contributed by atoms with Gasteiger partial charge in [0.05, 0.1) is 0 Å². The topological polar surface area (TPSA) is 74.6 Å². The van der Waals surface area contributed by atoms with Gasteiger partial charge in [0.1, 0.15) is 0 Å². The Bertz CT molecular complexity index is 804. The summed E-state index contributed by atoms with van der Waals surface area (Å²) in [6.07, 6.45) is 0.293. The van der Waals surface area contributed by atoms with Crippen molar-refractivity contribution >= 4 is 11.9 Å². The molecular formula is C20H18O4. The highest BCUT2D eigenvalue weighted by Crippen LogP contribution is 2.29. The van der Waals surface area contributed by atoms with Gasteiger partial charge in [-0.05, 0) is 22.3 Å². The van der Waals surface area contributed by atoms with Crippen molar-refractivity contribution in [1.82, 2.24) is 0 Å². The second-order valence-electron chi connectivity index (χ2n) is 5.48. The summed E-state index contributed by atoms with van der Waals surface area (Å²) in [7, 11) is 0. The van der Waals surface area contributed by atoms with Crippen molar-refractivity contribution in [2.75, 3.05) is 0 Å². The van der Waals surface area contributed by atoms with Crippen LogP contribution in [0.5, 0.6) is 0 Å². The molecule has 24 heavy (non-hydrogen) atoms. The zero-order valence-electron chi connectivity index (χ0n) is 13.2. The van der Waals surface area contributed by atoms with E-state index in [2.05, 4.69) is 13.2 Å². The molecule has 0 atom stereocenters. The summed E-state index contributed by atoms with van der Waals surface area (Å²) in [5, 5.41) is 18.2. The van der Waals surface area contributed by atoms with Crippen molar-refractivity contribution in [3.05, 3.63) is 84.0 Å². The van der Waals surface area contributed by atoms with Crippen LogP contribution in [0.25, 0.3) is 11.1 Å². The van der Waals surface area contributed by atoms with E-state index in [0.29, 0.717) is 0 Å². The molecule has 0 saturated heterocycles. The largest absolute Gasteiger partial charge is 0.478 e. The number of benzene rings is 2. The lowest BCUT2D eigenvalue weighted by atomic mass is 9.89. The molecule has 0 heterocycles. The van der Waals surface area contributed by atoms with Gasteiger partial charge in [-0.3, -0.25) is 0 Å². The van der Waals surface area contributed by atoms with Crippen molar-refractivity contribution < 1.29 is 19.8 Å². The Hall–Kier alpha value is -3.14. The van der Waals surface area contributed by atoms with Crippen LogP contribution < -0.4 is 0 Å². The van der Waals surface area contributed by atoms with E-state index >= 15 is 0 Å². The molecule has 0 radical (unpaired) electrons. The fourth-order valence-corrected chi connectivity index (χ4v) is 2.49. The molecule has 0 spiro atoms. The molecule has 4 heteroatoms. The number of carbonyl (C=O) groups is 2. The standard InChI is InChI=1S/C20H18O4/c1-13(19(21)22)11-16-9-6-10-17(15-7-4-3-5-8-15)18(16)12-14(2)20(23)24/h3-10H,1-2,11-12H2,(H,21,22)(H,23,24). The molecule has 4 nitrogen and oxygen atoms in total. The van der Waals surface area contributed by atoms with Crippen LogP contribution in [0, 0.1) is 0 Å². The van der Waals surface area contributed by atoms with Crippen LogP contribution in [0.1, 0.15) is 11.1 Å². The van der Waals surface area contributed by atoms with Crippen LogP contribution in [0.4, 0.5) is 0 Å². The van der Waals surface area contributed by atoms with E-state index in [4.69, 9.17) is 10.2 Å². The maximum absolute atomic E-state index is 11.2. The molecule has 2 rings (SSSR count). The first-order valence-corrected chi connectivity index (χ1v) is 7.38. The third-order valence-electron chi connectivity index (χ3n) is 3.76. The van der Waals surface area contributed by atoms with Gasteiger partial charge < -0.3 is 10.2 Å². The van der Waals surface area contributed by atoms with Crippen molar-refractivity contribution in [2.24, 2.45) is 0 Å². The third kappa shape index (κ3) is 3.98. The quantitative estimate of drug-likeness (QED) is 0.762. The summed E-state index contributed by atoms with van der Waals surface area (Å²) in [6.45, 7) is 7.17. The highest BCUT2D eigenvalue weighted by molar-refractivity contribution is 5.88. The number of carboxylic acids is 2. The minimum absolute atomic E-state index is 0.0561. The molecule has 0 amide bonds. The van der Waals surface area contributed by atoms with Gasteiger partial charge in [0.2, 0.25) is 0 Å². The predicted molar refractivity (Wildman–Crippen MR) is 92.8 cm³/mol. The lowest BCUT2D eigenvalue weighted by molar-refractivity contribution is -0.133. The molecule has 2 N–H and O–H groups in total. The first-order chi connectivity index (χ1) is 11.4. The molecule has 2 aromatic rings. The summed E-state index contributed by atoms with van der Waals surface area (Å²) in [5.74, 6) is -2.14.